The predicted octanol–water partition coefficient (Wildman–Crippen LogP) is 5.83. The van der Waals surface area contributed by atoms with Gasteiger partial charge in [0, 0.05) is 11.8 Å². The van der Waals surface area contributed by atoms with Crippen LogP contribution in [-0.4, -0.2) is 53.3 Å². The van der Waals surface area contributed by atoms with Gasteiger partial charge < -0.3 is 0 Å². The summed E-state index contributed by atoms with van der Waals surface area (Å²) in [5, 5.41) is 2.96. The van der Waals surface area contributed by atoms with Gasteiger partial charge in [-0.1, -0.05) is 24.3 Å². The molecule has 0 N–H and O–H groups in total. The topological polar surface area (TPSA) is 32.7 Å². The summed E-state index contributed by atoms with van der Waals surface area (Å²) in [6, 6.07) is 0.224. The van der Waals surface area contributed by atoms with Gasteiger partial charge in [0.15, 0.2) is 0 Å². The lowest BCUT2D eigenvalue weighted by Crippen LogP contribution is -2.71. The van der Waals surface area contributed by atoms with Crippen LogP contribution in [0.25, 0.3) is 0 Å². The van der Waals surface area contributed by atoms with Crippen LogP contribution in [0, 0.1) is 0 Å². The largest absolute Gasteiger partial charge is 0.460 e. The van der Waals surface area contributed by atoms with Gasteiger partial charge in [0.05, 0.1) is 6.21 Å². The third-order valence-corrected chi connectivity index (χ3v) is 4.50. The molecule has 0 saturated carbocycles. The van der Waals surface area contributed by atoms with Crippen molar-refractivity contribution >= 4 is 12.5 Å². The minimum Gasteiger partial charge on any atom is -0.299 e. The Labute approximate surface area is 175 Å². The third-order valence-electron chi connectivity index (χ3n) is 4.50. The molecule has 16 heteroatoms. The molecule has 1 heterocycles. The lowest BCUT2D eigenvalue weighted by Gasteiger charge is -2.44. The SMILES string of the molecule is O=CC=CN1N=Cc2ccccc2C1C(F)(F)C(F)(F)C(F)(F)C(F)(F)C(F)(F)C(F)(F)F. The van der Waals surface area contributed by atoms with Crippen LogP contribution in [0.2, 0.25) is 0 Å². The van der Waals surface area contributed by atoms with Crippen LogP contribution in [0.15, 0.2) is 41.6 Å². The molecule has 1 aromatic carbocycles. The first-order valence-corrected chi connectivity index (χ1v) is 8.28. The Morgan fingerprint density at radius 3 is 1.79 bits per heavy atom. The third kappa shape index (κ3) is 3.72. The maximum absolute atomic E-state index is 14.8. The number of alkyl halides is 13. The molecule has 2 rings (SSSR count). The van der Waals surface area contributed by atoms with Crippen molar-refractivity contribution in [3.05, 3.63) is 47.7 Å². The number of rotatable bonds is 7. The number of nitrogens with zero attached hydrogens (tertiary/aromatic N) is 2. The fraction of sp³-hybridized carbons (Fsp3) is 0.412. The summed E-state index contributed by atoms with van der Waals surface area (Å²) >= 11 is 0. The van der Waals surface area contributed by atoms with Crippen LogP contribution in [-0.2, 0) is 4.79 Å². The van der Waals surface area contributed by atoms with Crippen molar-refractivity contribution in [2.75, 3.05) is 0 Å². The van der Waals surface area contributed by atoms with Gasteiger partial charge in [-0.3, -0.25) is 9.80 Å². The Morgan fingerprint density at radius 2 is 1.27 bits per heavy atom. The minimum absolute atomic E-state index is 0.101. The van der Waals surface area contributed by atoms with Gasteiger partial charge in [-0.05, 0) is 11.6 Å². The highest BCUT2D eigenvalue weighted by molar-refractivity contribution is 5.83. The summed E-state index contributed by atoms with van der Waals surface area (Å²) in [5.41, 5.74) is -1.39. The van der Waals surface area contributed by atoms with Gasteiger partial charge in [0.2, 0.25) is 0 Å². The zero-order chi connectivity index (χ0) is 25.7. The first-order chi connectivity index (χ1) is 14.8. The maximum Gasteiger partial charge on any atom is 0.460 e. The van der Waals surface area contributed by atoms with Crippen LogP contribution in [0.4, 0.5) is 57.1 Å². The van der Waals surface area contributed by atoms with Crippen molar-refractivity contribution < 1.29 is 61.9 Å². The lowest BCUT2D eigenvalue weighted by molar-refractivity contribution is -0.443. The summed E-state index contributed by atoms with van der Waals surface area (Å²) in [6.45, 7) is 0. The van der Waals surface area contributed by atoms with Crippen LogP contribution >= 0.6 is 0 Å². The van der Waals surface area contributed by atoms with E-state index < -0.39 is 53.0 Å². The Balaban J connectivity index is 2.72. The number of carbonyl (C=O) groups excluding carboxylic acids is 1. The fourth-order valence-corrected chi connectivity index (χ4v) is 2.78. The van der Waals surface area contributed by atoms with Gasteiger partial charge in [0.1, 0.15) is 12.3 Å². The number of hydrogen-bond acceptors (Lipinski definition) is 3. The highest BCUT2D eigenvalue weighted by atomic mass is 19.4. The summed E-state index contributed by atoms with van der Waals surface area (Å²) in [6.07, 6.45) is -6.27. The molecule has 0 saturated heterocycles. The van der Waals surface area contributed by atoms with Crippen LogP contribution < -0.4 is 0 Å². The standard InChI is InChI=1S/C17H9F13N2O/c18-12(19,11-10-5-2-1-4-9(10)8-31-32(11)6-3-7-33)13(20,21)14(22,23)15(24,25)16(26,27)17(28,29)30/h1-8,11H. The van der Waals surface area contributed by atoms with Gasteiger partial charge in [-0.2, -0.15) is 62.2 Å². The molecule has 1 aliphatic rings. The second-order valence-corrected chi connectivity index (χ2v) is 6.55. The van der Waals surface area contributed by atoms with E-state index in [1.54, 1.807) is 0 Å². The summed E-state index contributed by atoms with van der Waals surface area (Å²) in [4.78, 5) is 10.4. The second kappa shape index (κ2) is 7.90. The molecule has 0 aromatic heterocycles. The molecule has 1 atom stereocenters. The zero-order valence-electron chi connectivity index (χ0n) is 15.4. The van der Waals surface area contributed by atoms with E-state index in [1.165, 1.54) is 0 Å². The molecule has 184 valence electrons. The molecular formula is C17H9F13N2O. The van der Waals surface area contributed by atoms with Crippen molar-refractivity contribution in [3.63, 3.8) is 0 Å². The molecule has 33 heavy (non-hydrogen) atoms. The van der Waals surface area contributed by atoms with Gasteiger partial charge in [-0.15, -0.1) is 0 Å². The van der Waals surface area contributed by atoms with Gasteiger partial charge in [0.25, 0.3) is 0 Å². The fourth-order valence-electron chi connectivity index (χ4n) is 2.78. The van der Waals surface area contributed by atoms with Gasteiger partial charge >= 0.3 is 35.8 Å². The van der Waals surface area contributed by atoms with Crippen molar-refractivity contribution in [1.82, 2.24) is 5.01 Å². The average Bonchev–Trinajstić information content (AvgIpc) is 2.70. The first-order valence-electron chi connectivity index (χ1n) is 8.28. The zero-order valence-corrected chi connectivity index (χ0v) is 15.4. The number of carbonyl (C=O) groups is 1. The van der Waals surface area contributed by atoms with E-state index in [9.17, 15) is 61.9 Å². The highest BCUT2D eigenvalue weighted by Gasteiger charge is 2.91. The molecule has 0 radical (unpaired) electrons. The Kier molecular flexibility index (Phi) is 6.33. The molecule has 1 unspecified atom stereocenters. The van der Waals surface area contributed by atoms with Crippen molar-refractivity contribution in [1.29, 1.82) is 0 Å². The quantitative estimate of drug-likeness (QED) is 0.266. The molecule has 0 aliphatic carbocycles. The number of aldehydes is 1. The Hall–Kier alpha value is -2.81. The Bertz CT molecular complexity index is 952. The predicted molar refractivity (Wildman–Crippen MR) is 84.6 cm³/mol. The number of allylic oxidation sites excluding steroid dienone is 1. The Morgan fingerprint density at radius 1 is 0.758 bits per heavy atom. The lowest BCUT2D eigenvalue weighted by atomic mass is 9.86. The first kappa shape index (κ1) is 26.4. The molecule has 0 fully saturated rings. The summed E-state index contributed by atoms with van der Waals surface area (Å²) < 4.78 is 176. The van der Waals surface area contributed by atoms with E-state index in [1.807, 2.05) is 0 Å². The molecule has 1 aromatic rings. The molecular weight excluding hydrogens is 495 g/mol. The van der Waals surface area contributed by atoms with E-state index >= 15 is 0 Å². The monoisotopic (exact) mass is 504 g/mol. The molecule has 0 amide bonds. The summed E-state index contributed by atoms with van der Waals surface area (Å²) in [5.74, 6) is -37.7. The number of hydrogen-bond donors (Lipinski definition) is 0. The number of halogens is 13. The van der Waals surface area contributed by atoms with E-state index in [4.69, 9.17) is 0 Å². The molecule has 0 spiro atoms. The van der Waals surface area contributed by atoms with E-state index in [0.717, 1.165) is 24.4 Å². The van der Waals surface area contributed by atoms with Crippen LogP contribution in [0.3, 0.4) is 0 Å². The smallest absolute Gasteiger partial charge is 0.299 e. The molecule has 0 bridgehead atoms. The highest BCUT2D eigenvalue weighted by Crippen LogP contribution is 2.62. The minimum atomic E-state index is -8.01. The van der Waals surface area contributed by atoms with Crippen LogP contribution in [0.1, 0.15) is 17.2 Å². The number of hydrazone groups is 1. The maximum atomic E-state index is 14.8. The number of benzene rings is 1. The molecule has 3 nitrogen and oxygen atoms in total. The second-order valence-electron chi connectivity index (χ2n) is 6.55. The normalized spacial score (nSPS) is 18.6. The van der Waals surface area contributed by atoms with E-state index in [-0.39, 0.29) is 17.5 Å². The van der Waals surface area contributed by atoms with Gasteiger partial charge in [-0.25, -0.2) is 0 Å². The summed E-state index contributed by atoms with van der Waals surface area (Å²) in [7, 11) is 0. The molecule has 1 aliphatic heterocycles. The van der Waals surface area contributed by atoms with Crippen LogP contribution in [0.5, 0.6) is 0 Å². The van der Waals surface area contributed by atoms with Crippen molar-refractivity contribution in [2.45, 2.75) is 41.8 Å². The average molecular weight is 504 g/mol. The van der Waals surface area contributed by atoms with E-state index in [2.05, 4.69) is 5.10 Å². The number of fused-ring (bicyclic) bond motifs is 1. The van der Waals surface area contributed by atoms with E-state index in [0.29, 0.717) is 12.1 Å². The van der Waals surface area contributed by atoms with Crippen molar-refractivity contribution in [3.8, 4) is 0 Å². The van der Waals surface area contributed by atoms with Crippen molar-refractivity contribution in [2.24, 2.45) is 5.10 Å².